The lowest BCUT2D eigenvalue weighted by Crippen LogP contribution is -1.93. The van der Waals surface area contributed by atoms with E-state index in [1.165, 1.54) is 18.2 Å². The van der Waals surface area contributed by atoms with Gasteiger partial charge in [-0.1, -0.05) is 6.07 Å². The molecule has 16 heavy (non-hydrogen) atoms. The number of rotatable bonds is 2. The third-order valence-electron chi connectivity index (χ3n) is 1.31. The van der Waals surface area contributed by atoms with Crippen LogP contribution in [0.25, 0.3) is 0 Å². The number of hydrogen-bond acceptors (Lipinski definition) is 4. The van der Waals surface area contributed by atoms with Crippen molar-refractivity contribution in [3.8, 4) is 0 Å². The van der Waals surface area contributed by atoms with Crippen LogP contribution in [0.1, 0.15) is 0 Å². The average molecular weight is 307 g/mol. The fourth-order valence-corrected chi connectivity index (χ4v) is 1.54. The molecule has 0 saturated carbocycles. The molecule has 0 aliphatic carbocycles. The number of hydrogen-bond donors (Lipinski definition) is 0. The van der Waals surface area contributed by atoms with Crippen LogP contribution in [0.2, 0.25) is 0 Å². The molecule has 0 spiro atoms. The quantitative estimate of drug-likeness (QED) is 0.364. The Morgan fingerprint density at radius 3 is 2.19 bits per heavy atom. The van der Waals surface area contributed by atoms with E-state index in [1.54, 1.807) is 0 Å². The zero-order chi connectivity index (χ0) is 12.8. The molecule has 0 aromatic heterocycles. The summed E-state index contributed by atoms with van der Waals surface area (Å²) in [5.74, 6) is 0. The maximum atomic E-state index is 10.8. The Hall–Kier alpha value is -0.560. The van der Waals surface area contributed by atoms with Crippen molar-refractivity contribution in [2.45, 2.75) is 4.90 Å². The molecule has 1 rings (SSSR count). The van der Waals surface area contributed by atoms with Gasteiger partial charge >= 0.3 is 0 Å². The summed E-state index contributed by atoms with van der Waals surface area (Å²) in [6, 6.07) is 4.54. The Morgan fingerprint density at radius 1 is 1.31 bits per heavy atom. The van der Waals surface area contributed by atoms with Gasteiger partial charge in [-0.2, -0.15) is 0 Å². The Kier molecular flexibility index (Phi) is 6.66. The van der Waals surface area contributed by atoms with E-state index in [1.807, 2.05) is 0 Å². The number of nitrogens with zero attached hydrogens (tertiary/aromatic N) is 1. The van der Waals surface area contributed by atoms with Crippen LogP contribution in [0.4, 0.5) is 5.69 Å². The van der Waals surface area contributed by atoms with E-state index in [9.17, 15) is 18.5 Å². The van der Waals surface area contributed by atoms with Crippen molar-refractivity contribution in [2.24, 2.45) is 0 Å². The molecule has 0 radical (unpaired) electrons. The molecule has 0 atom stereocenters. The van der Waals surface area contributed by atoms with Crippen LogP contribution in [0.5, 0.6) is 0 Å². The average Bonchev–Trinajstić information content (AvgIpc) is 2.18. The maximum absolute atomic E-state index is 10.8. The molecule has 0 aliphatic rings. The van der Waals surface area contributed by atoms with E-state index in [2.05, 4.69) is 0 Å². The van der Waals surface area contributed by atoms with Crippen LogP contribution in [-0.2, 0) is 9.05 Å². The van der Waals surface area contributed by atoms with Crippen molar-refractivity contribution in [3.05, 3.63) is 34.4 Å². The van der Waals surface area contributed by atoms with Gasteiger partial charge in [-0.25, -0.2) is 8.42 Å². The first-order valence-electron chi connectivity index (χ1n) is 3.64. The number of nitro groups is 1. The highest BCUT2D eigenvalue weighted by atomic mass is 35.7. The molecule has 0 saturated heterocycles. The topological polar surface area (TPSA) is 77.3 Å². The summed E-state index contributed by atoms with van der Waals surface area (Å²) < 4.78 is 21.5. The third kappa shape index (κ3) is 5.50. The molecular weight excluding hydrogens is 301 g/mol. The minimum absolute atomic E-state index is 0.194. The van der Waals surface area contributed by atoms with E-state index in [-0.39, 0.29) is 15.9 Å². The van der Waals surface area contributed by atoms with Gasteiger partial charge in [0.05, 0.1) is 15.2 Å². The number of non-ortho nitro benzene ring substituents is 1. The molecule has 0 heterocycles. The summed E-state index contributed by atoms with van der Waals surface area (Å²) >= 11 is 9.53. The van der Waals surface area contributed by atoms with E-state index >= 15 is 0 Å². The van der Waals surface area contributed by atoms with Crippen molar-refractivity contribution in [1.29, 1.82) is 0 Å². The van der Waals surface area contributed by atoms with Crippen LogP contribution in [0.3, 0.4) is 0 Å². The molecular formula is C7H6Cl3NO4S. The lowest BCUT2D eigenvalue weighted by atomic mass is 10.3. The van der Waals surface area contributed by atoms with Crippen molar-refractivity contribution in [2.75, 3.05) is 5.34 Å². The summed E-state index contributed by atoms with van der Waals surface area (Å²) in [6.45, 7) is 0. The molecule has 0 N–H and O–H groups in total. The van der Waals surface area contributed by atoms with Crippen LogP contribution in [-0.4, -0.2) is 18.7 Å². The highest BCUT2D eigenvalue weighted by molar-refractivity contribution is 8.13. The smallest absolute Gasteiger partial charge is 0.258 e. The monoisotopic (exact) mass is 305 g/mol. The molecule has 0 amide bonds. The first kappa shape index (κ1) is 15.4. The van der Waals surface area contributed by atoms with Gasteiger partial charge in [0.1, 0.15) is 0 Å². The summed E-state index contributed by atoms with van der Waals surface area (Å²) in [5, 5.41) is 10.4. The Morgan fingerprint density at radius 2 is 1.81 bits per heavy atom. The van der Waals surface area contributed by atoms with Gasteiger partial charge in [0.2, 0.25) is 0 Å². The fourth-order valence-electron chi connectivity index (χ4n) is 0.749. The van der Waals surface area contributed by atoms with E-state index < -0.39 is 14.0 Å². The third-order valence-corrected chi connectivity index (χ3v) is 2.66. The normalized spacial score (nSPS) is 10.2. The molecule has 5 nitrogen and oxygen atoms in total. The van der Waals surface area contributed by atoms with Gasteiger partial charge in [0.15, 0.2) is 0 Å². The van der Waals surface area contributed by atoms with Gasteiger partial charge in [-0.05, 0) is 6.07 Å². The van der Waals surface area contributed by atoms with Gasteiger partial charge in [-0.15, -0.1) is 23.2 Å². The minimum atomic E-state index is -3.89. The Balaban J connectivity index is 0.000000673. The van der Waals surface area contributed by atoms with Crippen LogP contribution >= 0.6 is 33.9 Å². The van der Waals surface area contributed by atoms with Crippen LogP contribution in [0, 0.1) is 10.1 Å². The predicted molar refractivity (Wildman–Crippen MR) is 62.7 cm³/mol. The number of nitro benzene ring substituents is 1. The van der Waals surface area contributed by atoms with Gasteiger partial charge in [0.25, 0.3) is 14.7 Å². The molecule has 0 aliphatic heterocycles. The molecule has 1 aromatic rings. The second kappa shape index (κ2) is 6.90. The van der Waals surface area contributed by atoms with Crippen molar-refractivity contribution in [3.63, 3.8) is 0 Å². The molecule has 1 aromatic carbocycles. The first-order valence-corrected chi connectivity index (χ1v) is 7.01. The van der Waals surface area contributed by atoms with Gasteiger partial charge in [-0.3, -0.25) is 10.1 Å². The standard InChI is InChI=1S/C6H4ClNO4S.CH2Cl2/c7-13(11,12)6-3-1-2-5(4-6)8(9)10;2-1-3/h1-4H;1H2. The van der Waals surface area contributed by atoms with E-state index in [4.69, 9.17) is 33.9 Å². The lowest BCUT2D eigenvalue weighted by molar-refractivity contribution is -0.385. The second-order valence-electron chi connectivity index (χ2n) is 2.29. The minimum Gasteiger partial charge on any atom is -0.258 e. The zero-order valence-electron chi connectivity index (χ0n) is 7.64. The van der Waals surface area contributed by atoms with Gasteiger partial charge in [0, 0.05) is 22.8 Å². The number of benzene rings is 1. The van der Waals surface area contributed by atoms with Crippen molar-refractivity contribution >= 4 is 48.6 Å². The highest BCUT2D eigenvalue weighted by Gasteiger charge is 2.13. The Bertz CT molecular complexity index is 462. The summed E-state index contributed by atoms with van der Waals surface area (Å²) in [7, 11) is 1.09. The van der Waals surface area contributed by atoms with Crippen molar-refractivity contribution < 1.29 is 13.3 Å². The lowest BCUT2D eigenvalue weighted by Gasteiger charge is -1.94. The largest absolute Gasteiger partial charge is 0.270 e. The molecule has 9 heteroatoms. The van der Waals surface area contributed by atoms with E-state index in [0.29, 0.717) is 0 Å². The number of alkyl halides is 2. The van der Waals surface area contributed by atoms with Crippen molar-refractivity contribution in [1.82, 2.24) is 0 Å². The number of halogens is 3. The van der Waals surface area contributed by atoms with Gasteiger partial charge < -0.3 is 0 Å². The van der Waals surface area contributed by atoms with Crippen LogP contribution in [0.15, 0.2) is 29.2 Å². The Labute approximate surface area is 106 Å². The molecule has 0 fully saturated rings. The molecule has 0 bridgehead atoms. The van der Waals surface area contributed by atoms with E-state index in [0.717, 1.165) is 6.07 Å². The molecule has 0 unspecified atom stereocenters. The second-order valence-corrected chi connectivity index (χ2v) is 5.67. The fraction of sp³-hybridized carbons (Fsp3) is 0.143. The SMILES string of the molecule is ClCCl.O=[N+]([O-])c1cccc(S(=O)(=O)Cl)c1. The first-order chi connectivity index (χ1) is 7.32. The molecule has 90 valence electrons. The summed E-state index contributed by atoms with van der Waals surface area (Å²) in [4.78, 5) is 9.28. The summed E-state index contributed by atoms with van der Waals surface area (Å²) in [5.41, 5.74) is -0.304. The highest BCUT2D eigenvalue weighted by Crippen LogP contribution is 2.19. The summed E-state index contributed by atoms with van der Waals surface area (Å²) in [6.07, 6.45) is 0. The zero-order valence-corrected chi connectivity index (χ0v) is 10.7. The predicted octanol–water partition coefficient (Wildman–Crippen LogP) is 2.94. The van der Waals surface area contributed by atoms with Crippen LogP contribution < -0.4 is 0 Å². The maximum Gasteiger partial charge on any atom is 0.270 e.